The van der Waals surface area contributed by atoms with Crippen LogP contribution in [0.15, 0.2) is 158 Å². The van der Waals surface area contributed by atoms with Gasteiger partial charge in [-0.2, -0.15) is 0 Å². The first-order chi connectivity index (χ1) is 26.8. The van der Waals surface area contributed by atoms with E-state index in [2.05, 4.69) is 223 Å². The second-order valence-corrected chi connectivity index (χ2v) is 17.7. The summed E-state index contributed by atoms with van der Waals surface area (Å²) in [5, 5.41) is 5.01. The molecule has 0 unspecified atom stereocenters. The highest BCUT2D eigenvalue weighted by Crippen LogP contribution is 2.51. The van der Waals surface area contributed by atoms with Crippen LogP contribution in [0.5, 0.6) is 0 Å². The number of nitrogens with zero attached hydrogens (tertiary/aromatic N) is 2. The van der Waals surface area contributed by atoms with E-state index in [9.17, 15) is 0 Å². The normalized spacial score (nSPS) is 12.3. The number of hydrogen-bond donors (Lipinski definition) is 0. The van der Waals surface area contributed by atoms with Crippen molar-refractivity contribution in [1.29, 1.82) is 0 Å². The molecule has 0 bridgehead atoms. The van der Waals surface area contributed by atoms with Crippen LogP contribution < -0.4 is 9.80 Å². The van der Waals surface area contributed by atoms with Crippen LogP contribution in [0.3, 0.4) is 0 Å². The quantitative estimate of drug-likeness (QED) is 0.168. The average molecular weight is 727 g/mol. The van der Waals surface area contributed by atoms with E-state index in [1.807, 2.05) is 0 Å². The van der Waals surface area contributed by atoms with E-state index in [0.29, 0.717) is 0 Å². The average Bonchev–Trinajstić information content (AvgIpc) is 3.18. The number of rotatable bonds is 6. The number of hydrogen-bond acceptors (Lipinski definition) is 2. The van der Waals surface area contributed by atoms with Gasteiger partial charge < -0.3 is 9.80 Å². The minimum atomic E-state index is 0.0496. The molecule has 0 aliphatic heterocycles. The summed E-state index contributed by atoms with van der Waals surface area (Å²) >= 11 is 0. The van der Waals surface area contributed by atoms with Gasteiger partial charge in [-0.25, -0.2) is 0 Å². The summed E-state index contributed by atoms with van der Waals surface area (Å²) in [4.78, 5) is 4.84. The predicted octanol–water partition coefficient (Wildman–Crippen LogP) is 15.8. The van der Waals surface area contributed by atoms with Crippen molar-refractivity contribution in [3.05, 3.63) is 180 Å². The molecule has 0 amide bonds. The van der Waals surface area contributed by atoms with Crippen LogP contribution in [-0.2, 0) is 10.8 Å². The molecule has 276 valence electrons. The maximum atomic E-state index is 2.42. The van der Waals surface area contributed by atoms with Crippen molar-refractivity contribution in [3.63, 3.8) is 0 Å². The minimum absolute atomic E-state index is 0.0496. The van der Waals surface area contributed by atoms with Gasteiger partial charge in [-0.15, -0.1) is 0 Å². The summed E-state index contributed by atoms with van der Waals surface area (Å²) in [5.41, 5.74) is 17.6. The molecule has 9 rings (SSSR count). The van der Waals surface area contributed by atoms with Gasteiger partial charge >= 0.3 is 0 Å². The van der Waals surface area contributed by atoms with E-state index in [-0.39, 0.29) is 10.8 Å². The Hall–Kier alpha value is -6.12. The van der Waals surface area contributed by atoms with Crippen molar-refractivity contribution in [3.8, 4) is 22.3 Å². The molecule has 2 heteroatoms. The van der Waals surface area contributed by atoms with Crippen molar-refractivity contribution in [1.82, 2.24) is 0 Å². The molecule has 0 atom stereocenters. The zero-order chi connectivity index (χ0) is 38.9. The molecule has 0 spiro atoms. The molecular weight excluding hydrogens is 677 g/mol. The number of fused-ring (bicyclic) bond motifs is 6. The van der Waals surface area contributed by atoms with Gasteiger partial charge in [0.1, 0.15) is 0 Å². The molecule has 8 aromatic rings. The Labute approximate surface area is 332 Å². The molecule has 8 aromatic carbocycles. The first kappa shape index (κ1) is 35.6. The monoisotopic (exact) mass is 726 g/mol. The first-order valence-electron chi connectivity index (χ1n) is 19.9. The highest BCUT2D eigenvalue weighted by atomic mass is 15.1. The van der Waals surface area contributed by atoms with E-state index in [1.54, 1.807) is 0 Å². The summed E-state index contributed by atoms with van der Waals surface area (Å²) in [5.74, 6) is 0. The molecule has 0 aromatic heterocycles. The molecule has 56 heavy (non-hydrogen) atoms. The van der Waals surface area contributed by atoms with Crippen molar-refractivity contribution in [2.24, 2.45) is 0 Å². The molecule has 0 saturated heterocycles. The van der Waals surface area contributed by atoms with E-state index in [1.165, 1.54) is 77.4 Å². The van der Waals surface area contributed by atoms with E-state index >= 15 is 0 Å². The number of para-hydroxylation sites is 2. The van der Waals surface area contributed by atoms with Crippen LogP contribution >= 0.6 is 0 Å². The summed E-state index contributed by atoms with van der Waals surface area (Å²) in [6, 6.07) is 58.9. The van der Waals surface area contributed by atoms with Gasteiger partial charge in [0.25, 0.3) is 0 Å². The fourth-order valence-corrected chi connectivity index (χ4v) is 8.32. The number of benzene rings is 8. The molecule has 2 nitrogen and oxygen atoms in total. The highest BCUT2D eigenvalue weighted by molar-refractivity contribution is 6.12. The molecule has 0 radical (unpaired) electrons. The second-order valence-electron chi connectivity index (χ2n) is 17.7. The van der Waals surface area contributed by atoms with Gasteiger partial charge in [0.05, 0.1) is 0 Å². The third-order valence-corrected chi connectivity index (χ3v) is 11.7. The Bertz CT molecular complexity index is 2570. The Kier molecular flexibility index (Phi) is 8.43. The molecular formula is C54H50N2. The van der Waals surface area contributed by atoms with Crippen molar-refractivity contribution in [2.75, 3.05) is 9.80 Å². The molecule has 1 aliphatic carbocycles. The molecule has 0 fully saturated rings. The number of aryl methyl sites for hydroxylation is 2. The standard InChI is InChI=1S/C54H50N2/c1-35-19-23-41(53(3,4)5)33-51(35)55(43-15-11-9-12-16-43)45-25-21-37-29-47-49(31-39(37)27-45)48-30-38-22-26-46(28-40(38)32-50(47)48)56(44-17-13-10-14-18-44)52-34-42(54(6,7)8)24-20-36(52)2/h9-34H,1-8H3. The van der Waals surface area contributed by atoms with E-state index < -0.39 is 0 Å². The fraction of sp³-hybridized carbons (Fsp3) is 0.185. The van der Waals surface area contributed by atoms with Gasteiger partial charge in [0.2, 0.25) is 0 Å². The van der Waals surface area contributed by atoms with Crippen LogP contribution in [-0.4, -0.2) is 0 Å². The van der Waals surface area contributed by atoms with Gasteiger partial charge in [-0.05, 0) is 176 Å². The van der Waals surface area contributed by atoms with Crippen LogP contribution in [0, 0.1) is 13.8 Å². The smallest absolute Gasteiger partial charge is 0.0493 e. The molecule has 0 saturated carbocycles. The second kappa shape index (κ2) is 13.3. The molecule has 0 heterocycles. The Balaban J connectivity index is 1.12. The predicted molar refractivity (Wildman–Crippen MR) is 242 cm³/mol. The van der Waals surface area contributed by atoms with Gasteiger partial charge in [-0.1, -0.05) is 114 Å². The number of anilines is 6. The largest absolute Gasteiger partial charge is 0.310 e. The van der Waals surface area contributed by atoms with E-state index in [4.69, 9.17) is 0 Å². The van der Waals surface area contributed by atoms with Crippen molar-refractivity contribution in [2.45, 2.75) is 66.2 Å². The Morgan fingerprint density at radius 1 is 0.321 bits per heavy atom. The van der Waals surface area contributed by atoms with Crippen LogP contribution in [0.25, 0.3) is 43.8 Å². The topological polar surface area (TPSA) is 6.48 Å². The van der Waals surface area contributed by atoms with Gasteiger partial charge in [0, 0.05) is 34.1 Å². The minimum Gasteiger partial charge on any atom is -0.310 e. The zero-order valence-corrected chi connectivity index (χ0v) is 33.9. The van der Waals surface area contributed by atoms with Crippen molar-refractivity contribution >= 4 is 55.7 Å². The van der Waals surface area contributed by atoms with Crippen LogP contribution in [0.2, 0.25) is 0 Å². The fourth-order valence-electron chi connectivity index (χ4n) is 8.32. The van der Waals surface area contributed by atoms with Crippen LogP contribution in [0.1, 0.15) is 63.8 Å². The van der Waals surface area contributed by atoms with Crippen molar-refractivity contribution < 1.29 is 0 Å². The molecule has 1 aliphatic rings. The lowest BCUT2D eigenvalue weighted by atomic mass is 9.78. The van der Waals surface area contributed by atoms with Gasteiger partial charge in [0.15, 0.2) is 0 Å². The lowest BCUT2D eigenvalue weighted by Crippen LogP contribution is -2.15. The maximum Gasteiger partial charge on any atom is 0.0493 e. The third-order valence-electron chi connectivity index (χ3n) is 11.7. The Morgan fingerprint density at radius 3 is 1.04 bits per heavy atom. The first-order valence-corrected chi connectivity index (χ1v) is 19.9. The summed E-state index contributed by atoms with van der Waals surface area (Å²) in [7, 11) is 0. The zero-order valence-electron chi connectivity index (χ0n) is 33.9. The molecule has 0 N–H and O–H groups in total. The van der Waals surface area contributed by atoms with Gasteiger partial charge in [-0.3, -0.25) is 0 Å². The SMILES string of the molecule is Cc1ccc(C(C)(C)C)cc1N(c1ccccc1)c1ccc2cc3c(cc2c1)-c1cc2ccc(N(c4ccccc4)c4cc(C(C)(C)C)ccc4C)cc2cc1-3. The summed E-state index contributed by atoms with van der Waals surface area (Å²) < 4.78 is 0. The summed E-state index contributed by atoms with van der Waals surface area (Å²) in [6.45, 7) is 18.2. The third kappa shape index (κ3) is 6.24. The lowest BCUT2D eigenvalue weighted by Gasteiger charge is -2.30. The summed E-state index contributed by atoms with van der Waals surface area (Å²) in [6.07, 6.45) is 0. The Morgan fingerprint density at radius 2 is 0.679 bits per heavy atom. The highest BCUT2D eigenvalue weighted by Gasteiger charge is 2.26. The van der Waals surface area contributed by atoms with E-state index in [0.717, 1.165) is 22.7 Å². The lowest BCUT2D eigenvalue weighted by molar-refractivity contribution is 0.590. The van der Waals surface area contributed by atoms with Crippen LogP contribution in [0.4, 0.5) is 34.1 Å². The maximum absolute atomic E-state index is 2.42.